The summed E-state index contributed by atoms with van der Waals surface area (Å²) in [5.41, 5.74) is 3.18. The standard InChI is InChI=1S/C29H32N4O7/c1-18-6-4-5-7-22(18)33-29(38)31-21-11-9-20(10-12-21)30-26(34)14-15-27(35)32-23(17-28(36)37)19-8-13-24(39-2)25(16-19)40-3/h4-13,16,23H,14-15,17H2,1-3H3,(H,30,34)(H,32,35)(H,36,37)(H2,31,33,38)/t23-/m0/s1. The van der Waals surface area contributed by atoms with Gasteiger partial charge in [-0.25, -0.2) is 4.79 Å². The van der Waals surface area contributed by atoms with Gasteiger partial charge in [0.2, 0.25) is 11.8 Å². The second kappa shape index (κ2) is 14.2. The van der Waals surface area contributed by atoms with E-state index in [1.807, 2.05) is 25.1 Å². The fraction of sp³-hybridized carbons (Fsp3) is 0.241. The van der Waals surface area contributed by atoms with E-state index in [9.17, 15) is 24.3 Å². The van der Waals surface area contributed by atoms with Crippen molar-refractivity contribution < 1.29 is 33.8 Å². The molecule has 0 saturated heterocycles. The van der Waals surface area contributed by atoms with Crippen LogP contribution in [0.25, 0.3) is 0 Å². The molecule has 0 saturated carbocycles. The number of carbonyl (C=O) groups is 4. The lowest BCUT2D eigenvalue weighted by atomic mass is 10.0. The Morgan fingerprint density at radius 1 is 0.775 bits per heavy atom. The number of para-hydroxylation sites is 1. The molecule has 0 unspecified atom stereocenters. The molecule has 0 bridgehead atoms. The zero-order valence-electron chi connectivity index (χ0n) is 22.4. The van der Waals surface area contributed by atoms with E-state index >= 15 is 0 Å². The molecular weight excluding hydrogens is 516 g/mol. The number of aryl methyl sites for hydroxylation is 1. The van der Waals surface area contributed by atoms with E-state index in [-0.39, 0.29) is 19.3 Å². The van der Waals surface area contributed by atoms with E-state index in [2.05, 4.69) is 21.3 Å². The lowest BCUT2D eigenvalue weighted by Gasteiger charge is -2.19. The minimum atomic E-state index is -1.09. The predicted octanol–water partition coefficient (Wildman–Crippen LogP) is 4.71. The van der Waals surface area contributed by atoms with Crippen LogP contribution in [0.15, 0.2) is 66.7 Å². The van der Waals surface area contributed by atoms with Gasteiger partial charge in [0, 0.05) is 29.9 Å². The molecule has 4 amide bonds. The number of nitrogens with one attached hydrogen (secondary N) is 4. The highest BCUT2D eigenvalue weighted by Crippen LogP contribution is 2.31. The molecule has 1 atom stereocenters. The maximum Gasteiger partial charge on any atom is 0.323 e. The van der Waals surface area contributed by atoms with E-state index in [4.69, 9.17) is 9.47 Å². The molecule has 210 valence electrons. The minimum absolute atomic E-state index is 0.115. The molecule has 0 aliphatic rings. The summed E-state index contributed by atoms with van der Waals surface area (Å²) in [6, 6.07) is 17.6. The molecular formula is C29H32N4O7. The number of carboxylic acid groups (broad SMARTS) is 1. The first-order valence-corrected chi connectivity index (χ1v) is 12.4. The molecule has 5 N–H and O–H groups in total. The molecule has 11 heteroatoms. The molecule has 0 aliphatic carbocycles. The number of rotatable bonds is 12. The van der Waals surface area contributed by atoms with Crippen LogP contribution in [0.4, 0.5) is 21.9 Å². The van der Waals surface area contributed by atoms with E-state index in [0.717, 1.165) is 5.56 Å². The Morgan fingerprint density at radius 3 is 2.02 bits per heavy atom. The number of methoxy groups -OCH3 is 2. The third kappa shape index (κ3) is 8.76. The second-order valence-electron chi connectivity index (χ2n) is 8.85. The summed E-state index contributed by atoms with van der Waals surface area (Å²) in [4.78, 5) is 48.6. The highest BCUT2D eigenvalue weighted by molar-refractivity contribution is 6.00. The molecule has 3 aromatic rings. The van der Waals surface area contributed by atoms with Gasteiger partial charge >= 0.3 is 12.0 Å². The number of urea groups is 1. The van der Waals surface area contributed by atoms with Crippen LogP contribution in [0.1, 0.15) is 36.4 Å². The third-order valence-corrected chi connectivity index (χ3v) is 5.92. The number of benzene rings is 3. The van der Waals surface area contributed by atoms with Gasteiger partial charge in [0.1, 0.15) is 0 Å². The fourth-order valence-electron chi connectivity index (χ4n) is 3.85. The van der Waals surface area contributed by atoms with Crippen LogP contribution < -0.4 is 30.7 Å². The van der Waals surface area contributed by atoms with Gasteiger partial charge in [-0.1, -0.05) is 24.3 Å². The number of aliphatic carboxylic acids is 1. The number of anilines is 3. The summed E-state index contributed by atoms with van der Waals surface area (Å²) in [6.45, 7) is 1.89. The molecule has 3 rings (SSSR count). The van der Waals surface area contributed by atoms with Crippen LogP contribution in [-0.2, 0) is 14.4 Å². The Labute approximate surface area is 231 Å². The summed E-state index contributed by atoms with van der Waals surface area (Å²) < 4.78 is 10.5. The van der Waals surface area contributed by atoms with E-state index < -0.39 is 29.9 Å². The van der Waals surface area contributed by atoms with E-state index in [1.165, 1.54) is 14.2 Å². The third-order valence-electron chi connectivity index (χ3n) is 5.92. The summed E-state index contributed by atoms with van der Waals surface area (Å²) in [5, 5.41) is 20.2. The van der Waals surface area contributed by atoms with Crippen LogP contribution in [0.5, 0.6) is 11.5 Å². The van der Waals surface area contributed by atoms with Crippen LogP contribution in [0, 0.1) is 6.92 Å². The van der Waals surface area contributed by atoms with Gasteiger partial charge in [0.15, 0.2) is 11.5 Å². The molecule has 0 heterocycles. The number of ether oxygens (including phenoxy) is 2. The van der Waals surface area contributed by atoms with Gasteiger partial charge in [-0.3, -0.25) is 14.4 Å². The molecule has 0 radical (unpaired) electrons. The normalized spacial score (nSPS) is 11.1. The van der Waals surface area contributed by atoms with Crippen molar-refractivity contribution in [2.24, 2.45) is 0 Å². The van der Waals surface area contributed by atoms with Gasteiger partial charge in [-0.15, -0.1) is 0 Å². The molecule has 0 aromatic heterocycles. The predicted molar refractivity (Wildman–Crippen MR) is 151 cm³/mol. The Morgan fingerprint density at radius 2 is 1.40 bits per heavy atom. The van der Waals surface area contributed by atoms with Crippen molar-refractivity contribution in [1.29, 1.82) is 0 Å². The van der Waals surface area contributed by atoms with Crippen molar-refractivity contribution in [2.45, 2.75) is 32.2 Å². The number of carbonyl (C=O) groups excluding carboxylic acids is 3. The lowest BCUT2D eigenvalue weighted by Crippen LogP contribution is -2.30. The van der Waals surface area contributed by atoms with E-state index in [0.29, 0.717) is 34.1 Å². The smallest absolute Gasteiger partial charge is 0.323 e. The number of amides is 4. The van der Waals surface area contributed by atoms with Crippen molar-refractivity contribution in [3.63, 3.8) is 0 Å². The van der Waals surface area contributed by atoms with Gasteiger partial charge < -0.3 is 35.8 Å². The lowest BCUT2D eigenvalue weighted by molar-refractivity contribution is -0.138. The first-order valence-electron chi connectivity index (χ1n) is 12.4. The second-order valence-corrected chi connectivity index (χ2v) is 8.85. The Hall–Kier alpha value is -5.06. The van der Waals surface area contributed by atoms with Crippen molar-refractivity contribution >= 4 is 40.9 Å². The molecule has 3 aromatic carbocycles. The van der Waals surface area contributed by atoms with Gasteiger partial charge in [-0.05, 0) is 60.5 Å². The average molecular weight is 549 g/mol. The number of carboxylic acids is 1. The highest BCUT2D eigenvalue weighted by Gasteiger charge is 2.20. The first-order chi connectivity index (χ1) is 19.2. The van der Waals surface area contributed by atoms with Crippen LogP contribution in [-0.4, -0.2) is 43.1 Å². The first kappa shape index (κ1) is 29.5. The van der Waals surface area contributed by atoms with Gasteiger partial charge in [0.05, 0.1) is 26.7 Å². The summed E-state index contributed by atoms with van der Waals surface area (Å²) in [7, 11) is 2.94. The van der Waals surface area contributed by atoms with Crippen LogP contribution >= 0.6 is 0 Å². The Bertz CT molecular complexity index is 1360. The molecule has 40 heavy (non-hydrogen) atoms. The van der Waals surface area contributed by atoms with E-state index in [1.54, 1.807) is 48.5 Å². The van der Waals surface area contributed by atoms with Crippen LogP contribution in [0.2, 0.25) is 0 Å². The van der Waals surface area contributed by atoms with Crippen LogP contribution in [0.3, 0.4) is 0 Å². The summed E-state index contributed by atoms with van der Waals surface area (Å²) in [6.07, 6.45) is -0.610. The Kier molecular flexibility index (Phi) is 10.5. The molecule has 0 spiro atoms. The largest absolute Gasteiger partial charge is 0.493 e. The van der Waals surface area contributed by atoms with Crippen molar-refractivity contribution in [3.8, 4) is 11.5 Å². The number of hydrogen-bond donors (Lipinski definition) is 5. The van der Waals surface area contributed by atoms with Crippen molar-refractivity contribution in [1.82, 2.24) is 5.32 Å². The maximum atomic E-state index is 12.6. The number of hydrogen-bond acceptors (Lipinski definition) is 6. The summed E-state index contributed by atoms with van der Waals surface area (Å²) in [5.74, 6) is -1.09. The average Bonchev–Trinajstić information content (AvgIpc) is 2.93. The maximum absolute atomic E-state index is 12.6. The fourth-order valence-corrected chi connectivity index (χ4v) is 3.85. The quantitative estimate of drug-likeness (QED) is 0.220. The monoisotopic (exact) mass is 548 g/mol. The summed E-state index contributed by atoms with van der Waals surface area (Å²) >= 11 is 0. The Balaban J connectivity index is 1.50. The molecule has 0 aliphatic heterocycles. The van der Waals surface area contributed by atoms with Crippen molar-refractivity contribution in [2.75, 3.05) is 30.2 Å². The zero-order chi connectivity index (χ0) is 29.1. The highest BCUT2D eigenvalue weighted by atomic mass is 16.5. The van der Waals surface area contributed by atoms with Gasteiger partial charge in [-0.2, -0.15) is 0 Å². The molecule has 11 nitrogen and oxygen atoms in total. The van der Waals surface area contributed by atoms with Crippen molar-refractivity contribution in [3.05, 3.63) is 77.9 Å². The molecule has 0 fully saturated rings. The topological polar surface area (TPSA) is 155 Å². The van der Waals surface area contributed by atoms with Gasteiger partial charge in [0.25, 0.3) is 0 Å². The SMILES string of the molecule is COc1ccc([C@H](CC(=O)O)NC(=O)CCC(=O)Nc2ccc(NC(=O)Nc3ccccc3C)cc2)cc1OC. The zero-order valence-corrected chi connectivity index (χ0v) is 22.4. The minimum Gasteiger partial charge on any atom is -0.493 e.